The molecule has 1 aromatic carbocycles. The average Bonchev–Trinajstić information content (AvgIpc) is 3.02. The van der Waals surface area contributed by atoms with Crippen molar-refractivity contribution in [2.24, 2.45) is 0 Å². The highest BCUT2D eigenvalue weighted by molar-refractivity contribution is 9.10. The standard InChI is InChI=1S/C13H14BrN3O2/c14-10-4-2-1-3-9(10)7-11-16-12(19-17-11)13(18)5-6-15-8-13/h1-4,15,18H,5-8H2. The van der Waals surface area contributed by atoms with Gasteiger partial charge in [0.2, 0.25) is 0 Å². The second kappa shape index (κ2) is 5.03. The van der Waals surface area contributed by atoms with Gasteiger partial charge in [-0.1, -0.05) is 39.3 Å². The molecule has 1 aliphatic rings. The third kappa shape index (κ3) is 2.56. The van der Waals surface area contributed by atoms with Gasteiger partial charge in [-0.15, -0.1) is 0 Å². The van der Waals surface area contributed by atoms with E-state index in [1.807, 2.05) is 24.3 Å². The zero-order chi connectivity index (χ0) is 13.3. The van der Waals surface area contributed by atoms with Gasteiger partial charge in [0, 0.05) is 17.4 Å². The third-order valence-corrected chi connectivity index (χ3v) is 4.08. The van der Waals surface area contributed by atoms with Gasteiger partial charge < -0.3 is 14.9 Å². The summed E-state index contributed by atoms with van der Waals surface area (Å²) in [6.07, 6.45) is 1.18. The number of hydrogen-bond acceptors (Lipinski definition) is 5. The molecular formula is C13H14BrN3O2. The van der Waals surface area contributed by atoms with Crippen LogP contribution in [0.1, 0.15) is 23.7 Å². The molecule has 5 nitrogen and oxygen atoms in total. The van der Waals surface area contributed by atoms with Crippen LogP contribution in [0, 0.1) is 0 Å². The van der Waals surface area contributed by atoms with Crippen molar-refractivity contribution in [3.8, 4) is 0 Å². The van der Waals surface area contributed by atoms with Crippen molar-refractivity contribution >= 4 is 15.9 Å². The lowest BCUT2D eigenvalue weighted by Crippen LogP contribution is -2.28. The number of aliphatic hydroxyl groups is 1. The first-order chi connectivity index (χ1) is 9.17. The minimum absolute atomic E-state index is 0.305. The zero-order valence-corrected chi connectivity index (χ0v) is 11.9. The molecule has 2 N–H and O–H groups in total. The summed E-state index contributed by atoms with van der Waals surface area (Å²) in [4.78, 5) is 4.31. The first-order valence-corrected chi connectivity index (χ1v) is 6.96. The van der Waals surface area contributed by atoms with Gasteiger partial charge in [0.05, 0.1) is 0 Å². The molecule has 0 aliphatic carbocycles. The van der Waals surface area contributed by atoms with E-state index in [0.29, 0.717) is 31.1 Å². The maximum Gasteiger partial charge on any atom is 0.259 e. The van der Waals surface area contributed by atoms with E-state index in [0.717, 1.165) is 16.6 Å². The van der Waals surface area contributed by atoms with Gasteiger partial charge >= 0.3 is 0 Å². The molecule has 6 heteroatoms. The molecule has 1 aliphatic heterocycles. The molecule has 100 valence electrons. The summed E-state index contributed by atoms with van der Waals surface area (Å²) in [7, 11) is 0. The van der Waals surface area contributed by atoms with Crippen LogP contribution in [0.2, 0.25) is 0 Å². The number of rotatable bonds is 3. The van der Waals surface area contributed by atoms with Crippen molar-refractivity contribution in [2.75, 3.05) is 13.1 Å². The lowest BCUT2D eigenvalue weighted by atomic mass is 10.0. The molecule has 0 bridgehead atoms. The summed E-state index contributed by atoms with van der Waals surface area (Å²) in [6.45, 7) is 1.22. The van der Waals surface area contributed by atoms with Crippen LogP contribution >= 0.6 is 15.9 Å². The SMILES string of the molecule is OC1(c2nc(Cc3ccccc3Br)no2)CCNC1. The zero-order valence-electron chi connectivity index (χ0n) is 10.3. The van der Waals surface area contributed by atoms with Gasteiger partial charge in [0.25, 0.3) is 5.89 Å². The normalized spacial score (nSPS) is 22.8. The number of hydrogen-bond donors (Lipinski definition) is 2. The Morgan fingerprint density at radius 3 is 3.00 bits per heavy atom. The monoisotopic (exact) mass is 323 g/mol. The van der Waals surface area contributed by atoms with Crippen molar-refractivity contribution in [3.63, 3.8) is 0 Å². The Bertz CT molecular complexity index is 579. The first kappa shape index (κ1) is 12.8. The Hall–Kier alpha value is -1.24. The molecule has 0 radical (unpaired) electrons. The molecule has 0 saturated carbocycles. The molecule has 1 saturated heterocycles. The number of aromatic nitrogens is 2. The predicted molar refractivity (Wildman–Crippen MR) is 72.6 cm³/mol. The quantitative estimate of drug-likeness (QED) is 0.897. The molecule has 2 heterocycles. The predicted octanol–water partition coefficient (Wildman–Crippen LogP) is 1.60. The van der Waals surface area contributed by atoms with E-state index < -0.39 is 5.60 Å². The molecule has 0 spiro atoms. The van der Waals surface area contributed by atoms with E-state index >= 15 is 0 Å². The third-order valence-electron chi connectivity index (χ3n) is 3.31. The van der Waals surface area contributed by atoms with Crippen molar-refractivity contribution in [3.05, 3.63) is 46.0 Å². The Balaban J connectivity index is 1.80. The Kier molecular flexibility index (Phi) is 3.38. The van der Waals surface area contributed by atoms with E-state index in [9.17, 15) is 5.11 Å². The highest BCUT2D eigenvalue weighted by atomic mass is 79.9. The van der Waals surface area contributed by atoms with Crippen LogP contribution in [0.15, 0.2) is 33.3 Å². The van der Waals surface area contributed by atoms with Gasteiger partial charge in [-0.2, -0.15) is 4.98 Å². The van der Waals surface area contributed by atoms with Crippen LogP contribution in [-0.4, -0.2) is 28.3 Å². The topological polar surface area (TPSA) is 71.2 Å². The second-order valence-corrected chi connectivity index (χ2v) is 5.60. The molecule has 1 atom stereocenters. The molecule has 2 aromatic rings. The summed E-state index contributed by atoms with van der Waals surface area (Å²) in [5.74, 6) is 0.891. The Morgan fingerprint density at radius 2 is 2.26 bits per heavy atom. The van der Waals surface area contributed by atoms with Crippen LogP contribution in [-0.2, 0) is 12.0 Å². The summed E-state index contributed by atoms with van der Waals surface area (Å²) in [5, 5.41) is 17.4. The molecule has 1 fully saturated rings. The van der Waals surface area contributed by atoms with Gasteiger partial charge in [0.15, 0.2) is 11.4 Å². The van der Waals surface area contributed by atoms with Gasteiger partial charge in [0.1, 0.15) is 0 Å². The van der Waals surface area contributed by atoms with E-state index in [2.05, 4.69) is 31.4 Å². The Morgan fingerprint density at radius 1 is 1.42 bits per heavy atom. The van der Waals surface area contributed by atoms with Crippen LogP contribution in [0.25, 0.3) is 0 Å². The summed E-state index contributed by atoms with van der Waals surface area (Å²) < 4.78 is 6.21. The van der Waals surface area contributed by atoms with Gasteiger partial charge in [-0.25, -0.2) is 0 Å². The molecular weight excluding hydrogens is 310 g/mol. The Labute approximate surface area is 119 Å². The second-order valence-electron chi connectivity index (χ2n) is 4.74. The maximum atomic E-state index is 10.3. The van der Waals surface area contributed by atoms with E-state index in [1.165, 1.54) is 0 Å². The molecule has 19 heavy (non-hydrogen) atoms. The fraction of sp³-hybridized carbons (Fsp3) is 0.385. The van der Waals surface area contributed by atoms with Crippen molar-refractivity contribution in [1.82, 2.24) is 15.5 Å². The molecule has 1 aromatic heterocycles. The highest BCUT2D eigenvalue weighted by Gasteiger charge is 2.38. The maximum absolute atomic E-state index is 10.3. The average molecular weight is 324 g/mol. The fourth-order valence-electron chi connectivity index (χ4n) is 2.19. The van der Waals surface area contributed by atoms with E-state index in [4.69, 9.17) is 4.52 Å². The van der Waals surface area contributed by atoms with Crippen molar-refractivity contribution in [1.29, 1.82) is 0 Å². The summed E-state index contributed by atoms with van der Waals surface area (Å²) in [5.41, 5.74) is 0.0745. The number of nitrogens with zero attached hydrogens (tertiary/aromatic N) is 2. The van der Waals surface area contributed by atoms with Gasteiger partial charge in [-0.05, 0) is 24.6 Å². The fourth-order valence-corrected chi connectivity index (χ4v) is 2.61. The lowest BCUT2D eigenvalue weighted by molar-refractivity contribution is 0.0243. The minimum Gasteiger partial charge on any atom is -0.379 e. The summed E-state index contributed by atoms with van der Waals surface area (Å²) >= 11 is 3.49. The molecule has 3 rings (SSSR count). The van der Waals surface area contributed by atoms with Gasteiger partial charge in [-0.3, -0.25) is 0 Å². The summed E-state index contributed by atoms with van der Waals surface area (Å²) in [6, 6.07) is 7.91. The van der Waals surface area contributed by atoms with Crippen molar-refractivity contribution < 1.29 is 9.63 Å². The van der Waals surface area contributed by atoms with E-state index in [1.54, 1.807) is 0 Å². The first-order valence-electron chi connectivity index (χ1n) is 6.17. The smallest absolute Gasteiger partial charge is 0.259 e. The van der Waals surface area contributed by atoms with Crippen LogP contribution in [0.3, 0.4) is 0 Å². The molecule has 1 unspecified atom stereocenters. The minimum atomic E-state index is -1.01. The highest BCUT2D eigenvalue weighted by Crippen LogP contribution is 2.26. The van der Waals surface area contributed by atoms with Crippen LogP contribution < -0.4 is 5.32 Å². The lowest BCUT2D eigenvalue weighted by Gasteiger charge is -2.14. The largest absolute Gasteiger partial charge is 0.379 e. The van der Waals surface area contributed by atoms with E-state index in [-0.39, 0.29) is 0 Å². The number of benzene rings is 1. The van der Waals surface area contributed by atoms with Crippen molar-refractivity contribution in [2.45, 2.75) is 18.4 Å². The van der Waals surface area contributed by atoms with Crippen LogP contribution in [0.4, 0.5) is 0 Å². The number of halogens is 1. The number of nitrogens with one attached hydrogen (secondary N) is 1. The molecule has 0 amide bonds. The van der Waals surface area contributed by atoms with Crippen LogP contribution in [0.5, 0.6) is 0 Å². The number of β-amino-alcohol motifs (C(OH)–C–C–N with tert-alkyl or cyclic N) is 1.